The number of aromatic nitrogens is 2. The van der Waals surface area contributed by atoms with Crippen LogP contribution in [0.2, 0.25) is 0 Å². The van der Waals surface area contributed by atoms with Gasteiger partial charge in [-0.2, -0.15) is 13.2 Å². The number of carbonyl (C=O) groups excluding carboxylic acids is 1. The van der Waals surface area contributed by atoms with Gasteiger partial charge >= 0.3 is 12.5 Å². The summed E-state index contributed by atoms with van der Waals surface area (Å²) in [5.74, 6) is -1.77. The first-order chi connectivity index (χ1) is 14.5. The highest BCUT2D eigenvalue weighted by Crippen LogP contribution is 2.41. The van der Waals surface area contributed by atoms with Crippen LogP contribution >= 0.6 is 0 Å². The molecule has 0 spiro atoms. The Hall–Kier alpha value is -2.89. The van der Waals surface area contributed by atoms with E-state index in [1.165, 1.54) is 41.8 Å². The van der Waals surface area contributed by atoms with Crippen molar-refractivity contribution >= 4 is 11.6 Å². The van der Waals surface area contributed by atoms with Gasteiger partial charge in [-0.1, -0.05) is 12.1 Å². The Morgan fingerprint density at radius 2 is 1.74 bits per heavy atom. The number of para-hydroxylation sites is 1. The van der Waals surface area contributed by atoms with Crippen LogP contribution in [0.25, 0.3) is 0 Å². The molecule has 0 atom stereocenters. The number of hydrogen-bond donors (Lipinski definition) is 1. The fourth-order valence-electron chi connectivity index (χ4n) is 3.47. The molecule has 1 aromatic heterocycles. The number of ether oxygens (including phenoxy) is 1. The number of hydrogen-bond acceptors (Lipinski definition) is 5. The van der Waals surface area contributed by atoms with Gasteiger partial charge in [-0.05, 0) is 43.5 Å². The van der Waals surface area contributed by atoms with E-state index in [4.69, 9.17) is 0 Å². The van der Waals surface area contributed by atoms with Crippen molar-refractivity contribution in [2.75, 3.05) is 25.0 Å². The third kappa shape index (κ3) is 6.54. The minimum absolute atomic E-state index is 0.0336. The quantitative estimate of drug-likeness (QED) is 0.689. The van der Waals surface area contributed by atoms with Gasteiger partial charge in [0.1, 0.15) is 6.33 Å². The molecule has 1 N–H and O–H groups in total. The van der Waals surface area contributed by atoms with Gasteiger partial charge in [-0.3, -0.25) is 9.69 Å². The molecule has 6 nitrogen and oxygen atoms in total. The molecule has 0 unspecified atom stereocenters. The maximum absolute atomic E-state index is 13.1. The number of benzene rings is 1. The van der Waals surface area contributed by atoms with Crippen LogP contribution < -0.4 is 10.1 Å². The molecule has 12 heteroatoms. The van der Waals surface area contributed by atoms with Crippen molar-refractivity contribution in [1.82, 2.24) is 14.9 Å². The molecule has 3 rings (SSSR count). The number of rotatable bonds is 5. The standard InChI is InChI=1S/C19H18F6N4O2/c20-18(21,22)10-29-6-4-12(5-7-29)14-2-1-3-15(16(14)31-19(23,24)25)28-17(30)13-8-26-11-27-9-13/h1-3,8-9,11-12H,4-7,10H2,(H,28,30). The number of halogens is 6. The van der Waals surface area contributed by atoms with Gasteiger partial charge in [0.25, 0.3) is 5.91 Å². The topological polar surface area (TPSA) is 67.4 Å². The Labute approximate surface area is 173 Å². The largest absolute Gasteiger partial charge is 0.573 e. The average molecular weight is 448 g/mol. The number of piperidine rings is 1. The summed E-state index contributed by atoms with van der Waals surface area (Å²) in [5, 5.41) is 2.37. The lowest BCUT2D eigenvalue weighted by molar-refractivity contribution is -0.274. The number of amides is 1. The number of carbonyl (C=O) groups is 1. The summed E-state index contributed by atoms with van der Waals surface area (Å²) in [7, 11) is 0. The first-order valence-corrected chi connectivity index (χ1v) is 9.26. The molecule has 1 fully saturated rings. The van der Waals surface area contributed by atoms with Crippen molar-refractivity contribution in [3.63, 3.8) is 0 Å². The molecule has 2 heterocycles. The summed E-state index contributed by atoms with van der Waals surface area (Å²) < 4.78 is 81.3. The van der Waals surface area contributed by atoms with Gasteiger partial charge < -0.3 is 10.1 Å². The van der Waals surface area contributed by atoms with E-state index < -0.39 is 36.7 Å². The predicted molar refractivity (Wildman–Crippen MR) is 97.6 cm³/mol. The predicted octanol–water partition coefficient (Wildman–Crippen LogP) is 4.37. The minimum atomic E-state index is -5.03. The van der Waals surface area contributed by atoms with Crippen LogP contribution in [0.5, 0.6) is 5.75 Å². The molecule has 1 aliphatic heterocycles. The van der Waals surface area contributed by atoms with Crippen molar-refractivity contribution in [3.05, 3.63) is 48.0 Å². The number of likely N-dealkylation sites (tertiary alicyclic amines) is 1. The summed E-state index contributed by atoms with van der Waals surface area (Å²) in [5.41, 5.74) is -0.00110. The Morgan fingerprint density at radius 3 is 2.32 bits per heavy atom. The monoisotopic (exact) mass is 448 g/mol. The molecule has 1 saturated heterocycles. The fourth-order valence-corrected chi connectivity index (χ4v) is 3.47. The second-order valence-electron chi connectivity index (χ2n) is 7.02. The smallest absolute Gasteiger partial charge is 0.403 e. The molecule has 0 saturated carbocycles. The number of anilines is 1. The van der Waals surface area contributed by atoms with E-state index >= 15 is 0 Å². The molecule has 0 radical (unpaired) electrons. The molecule has 1 aromatic carbocycles. The van der Waals surface area contributed by atoms with E-state index in [0.29, 0.717) is 0 Å². The molecular weight excluding hydrogens is 430 g/mol. The maximum atomic E-state index is 13.1. The Balaban J connectivity index is 1.83. The van der Waals surface area contributed by atoms with Gasteiger partial charge in [-0.25, -0.2) is 9.97 Å². The highest BCUT2D eigenvalue weighted by Gasteiger charge is 2.37. The van der Waals surface area contributed by atoms with Crippen LogP contribution in [0.3, 0.4) is 0 Å². The number of alkyl halides is 6. The molecule has 168 valence electrons. The first kappa shape index (κ1) is 22.8. The third-order valence-corrected chi connectivity index (χ3v) is 4.76. The lowest BCUT2D eigenvalue weighted by Crippen LogP contribution is -2.39. The summed E-state index contributed by atoms with van der Waals surface area (Å²) in [6, 6.07) is 4.13. The van der Waals surface area contributed by atoms with Crippen molar-refractivity contribution < 1.29 is 35.9 Å². The zero-order valence-electron chi connectivity index (χ0n) is 16.0. The van der Waals surface area contributed by atoms with E-state index in [2.05, 4.69) is 20.0 Å². The van der Waals surface area contributed by atoms with Gasteiger partial charge in [0.2, 0.25) is 0 Å². The Kier molecular flexibility index (Phi) is 6.68. The summed E-state index contributed by atoms with van der Waals surface area (Å²) >= 11 is 0. The summed E-state index contributed by atoms with van der Waals surface area (Å²) in [6.45, 7) is -0.915. The molecule has 31 heavy (non-hydrogen) atoms. The molecule has 0 bridgehead atoms. The zero-order chi connectivity index (χ0) is 22.6. The normalized spacial score (nSPS) is 16.2. The van der Waals surface area contributed by atoms with Crippen LogP contribution in [0, 0.1) is 0 Å². The molecule has 0 aliphatic carbocycles. The maximum Gasteiger partial charge on any atom is 0.573 e. The van der Waals surface area contributed by atoms with Crippen molar-refractivity contribution in [2.45, 2.75) is 31.3 Å². The molecule has 1 amide bonds. The van der Waals surface area contributed by atoms with Crippen molar-refractivity contribution in [1.29, 1.82) is 0 Å². The highest BCUT2D eigenvalue weighted by atomic mass is 19.4. The first-order valence-electron chi connectivity index (χ1n) is 9.26. The zero-order valence-corrected chi connectivity index (χ0v) is 16.0. The Morgan fingerprint density at radius 1 is 1.10 bits per heavy atom. The molecular formula is C19H18F6N4O2. The van der Waals surface area contributed by atoms with Crippen LogP contribution in [0.15, 0.2) is 36.9 Å². The van der Waals surface area contributed by atoms with Gasteiger partial charge in [0.05, 0.1) is 17.8 Å². The lowest BCUT2D eigenvalue weighted by atomic mass is 9.88. The Bertz CT molecular complexity index is 897. The van der Waals surface area contributed by atoms with Gasteiger partial charge in [0.15, 0.2) is 5.75 Å². The van der Waals surface area contributed by atoms with E-state index in [-0.39, 0.29) is 42.7 Å². The van der Waals surface area contributed by atoms with Crippen LogP contribution in [-0.4, -0.2) is 52.9 Å². The van der Waals surface area contributed by atoms with E-state index in [1.54, 1.807) is 0 Å². The van der Waals surface area contributed by atoms with Gasteiger partial charge in [-0.15, -0.1) is 13.2 Å². The van der Waals surface area contributed by atoms with Crippen molar-refractivity contribution in [2.24, 2.45) is 0 Å². The van der Waals surface area contributed by atoms with Crippen molar-refractivity contribution in [3.8, 4) is 5.75 Å². The van der Waals surface area contributed by atoms with Gasteiger partial charge in [0, 0.05) is 12.4 Å². The minimum Gasteiger partial charge on any atom is -0.403 e. The number of nitrogens with zero attached hydrogens (tertiary/aromatic N) is 3. The second-order valence-corrected chi connectivity index (χ2v) is 7.02. The fraction of sp³-hybridized carbons (Fsp3) is 0.421. The third-order valence-electron chi connectivity index (χ3n) is 4.76. The summed E-state index contributed by atoms with van der Waals surface area (Å²) in [4.78, 5) is 20.9. The second kappa shape index (κ2) is 9.08. The lowest BCUT2D eigenvalue weighted by Gasteiger charge is -2.33. The van der Waals surface area contributed by atoms with Crippen LogP contribution in [0.4, 0.5) is 32.0 Å². The SMILES string of the molecule is O=C(Nc1cccc(C2CCN(CC(F)(F)F)CC2)c1OC(F)(F)F)c1cncnc1. The highest BCUT2D eigenvalue weighted by molar-refractivity contribution is 6.04. The van der Waals surface area contributed by atoms with Crippen LogP contribution in [0.1, 0.15) is 34.7 Å². The van der Waals surface area contributed by atoms with Crippen LogP contribution in [-0.2, 0) is 0 Å². The average Bonchev–Trinajstić information content (AvgIpc) is 2.68. The van der Waals surface area contributed by atoms with E-state index in [9.17, 15) is 31.1 Å². The number of nitrogens with one attached hydrogen (secondary N) is 1. The summed E-state index contributed by atoms with van der Waals surface area (Å²) in [6.07, 6.45) is -5.34. The molecule has 2 aromatic rings. The molecule has 1 aliphatic rings. The van der Waals surface area contributed by atoms with E-state index in [0.717, 1.165) is 0 Å². The van der Waals surface area contributed by atoms with E-state index in [1.807, 2.05) is 0 Å².